The number of nitrogens with zero attached hydrogens (tertiary/aromatic N) is 1. The molecule has 26 heavy (non-hydrogen) atoms. The van der Waals surface area contributed by atoms with Crippen molar-refractivity contribution in [3.63, 3.8) is 0 Å². The van der Waals surface area contributed by atoms with E-state index in [0.717, 1.165) is 0 Å². The lowest BCUT2D eigenvalue weighted by molar-refractivity contribution is -0.293. The van der Waals surface area contributed by atoms with E-state index >= 15 is 0 Å². The van der Waals surface area contributed by atoms with Crippen LogP contribution in [0.15, 0.2) is 4.99 Å². The molecular formula is C14H25N3O9. The topological polar surface area (TPSA) is 221 Å². The van der Waals surface area contributed by atoms with Gasteiger partial charge in [0.05, 0.1) is 18.2 Å². The van der Waals surface area contributed by atoms with E-state index < -0.39 is 72.9 Å². The first-order valence-corrected chi connectivity index (χ1v) is 8.08. The average Bonchev–Trinajstić information content (AvgIpc) is 2.58. The molecule has 2 aliphatic rings. The average molecular weight is 379 g/mol. The molecule has 0 bridgehead atoms. The molecule has 1 aliphatic carbocycles. The number of aliphatic carboxylic acids is 1. The Hall–Kier alpha value is -1.38. The van der Waals surface area contributed by atoms with Crippen molar-refractivity contribution < 1.29 is 44.9 Å². The van der Waals surface area contributed by atoms with E-state index in [4.69, 9.17) is 26.0 Å². The van der Waals surface area contributed by atoms with Crippen molar-refractivity contribution in [3.8, 4) is 0 Å². The van der Waals surface area contributed by atoms with Crippen molar-refractivity contribution in [3.05, 3.63) is 0 Å². The van der Waals surface area contributed by atoms with E-state index in [-0.39, 0.29) is 6.42 Å². The number of amidine groups is 1. The second kappa shape index (κ2) is 8.10. The highest BCUT2D eigenvalue weighted by atomic mass is 16.7. The third-order valence-corrected chi connectivity index (χ3v) is 4.64. The number of nitrogens with two attached hydrogens (primary N) is 2. The molecule has 12 nitrogen and oxygen atoms in total. The van der Waals surface area contributed by atoms with Crippen molar-refractivity contribution in [1.29, 1.82) is 0 Å². The lowest BCUT2D eigenvalue weighted by Gasteiger charge is -2.45. The van der Waals surface area contributed by atoms with Crippen molar-refractivity contribution >= 4 is 11.8 Å². The van der Waals surface area contributed by atoms with Crippen LogP contribution in [0, 0.1) is 0 Å². The third kappa shape index (κ3) is 4.13. The molecule has 0 amide bonds. The third-order valence-electron chi connectivity index (χ3n) is 4.64. The number of aliphatic hydroxyl groups is 5. The van der Waals surface area contributed by atoms with Crippen LogP contribution in [0.4, 0.5) is 0 Å². The molecule has 1 saturated carbocycles. The maximum absolute atomic E-state index is 10.8. The normalized spacial score (nSPS) is 47.6. The van der Waals surface area contributed by atoms with Crippen LogP contribution in [0.2, 0.25) is 0 Å². The number of carbonyl (C=O) groups is 1. The van der Waals surface area contributed by atoms with Crippen molar-refractivity contribution in [2.24, 2.45) is 16.5 Å². The minimum atomic E-state index is -1.74. The van der Waals surface area contributed by atoms with Gasteiger partial charge in [0.2, 0.25) is 5.84 Å². The van der Waals surface area contributed by atoms with Crippen LogP contribution in [0.5, 0.6) is 0 Å². The van der Waals surface area contributed by atoms with Gasteiger partial charge in [-0.1, -0.05) is 0 Å². The van der Waals surface area contributed by atoms with E-state index in [1.54, 1.807) is 6.92 Å². The largest absolute Gasteiger partial charge is 0.475 e. The van der Waals surface area contributed by atoms with Crippen molar-refractivity contribution in [2.75, 3.05) is 0 Å². The number of hydrogen-bond acceptors (Lipinski definition) is 10. The number of carboxylic acid groups (broad SMARTS) is 1. The summed E-state index contributed by atoms with van der Waals surface area (Å²) in [5, 5.41) is 57.8. The molecule has 12 heteroatoms. The van der Waals surface area contributed by atoms with Gasteiger partial charge >= 0.3 is 5.97 Å². The van der Waals surface area contributed by atoms with Gasteiger partial charge in [-0.15, -0.1) is 0 Å². The molecule has 10 N–H and O–H groups in total. The molecule has 1 aliphatic heterocycles. The fourth-order valence-electron chi connectivity index (χ4n) is 3.02. The number of carboxylic acids is 1. The van der Waals surface area contributed by atoms with Crippen molar-refractivity contribution in [1.82, 2.24) is 0 Å². The van der Waals surface area contributed by atoms with Gasteiger partial charge in [-0.2, -0.15) is 0 Å². The molecule has 0 unspecified atom stereocenters. The van der Waals surface area contributed by atoms with Crippen LogP contribution in [-0.4, -0.2) is 104 Å². The van der Waals surface area contributed by atoms with Crippen LogP contribution in [0.1, 0.15) is 13.3 Å². The smallest absolute Gasteiger partial charge is 0.370 e. The first kappa shape index (κ1) is 20.9. The zero-order chi connectivity index (χ0) is 19.8. The second-order valence-electron chi connectivity index (χ2n) is 6.55. The Morgan fingerprint density at radius 2 is 1.58 bits per heavy atom. The molecule has 2 rings (SSSR count). The zero-order valence-corrected chi connectivity index (χ0v) is 14.0. The summed E-state index contributed by atoms with van der Waals surface area (Å²) in [5.74, 6) is -1.96. The van der Waals surface area contributed by atoms with E-state index in [2.05, 4.69) is 4.99 Å². The monoisotopic (exact) mass is 379 g/mol. The SMILES string of the molecule is C[C@H]1O[C@H](OC2[C@@H](O)[C@@H](O)C(O)[C@H](O)[C@@H]2O)[C@@H](N)C[C@H]1N=C(N)C(=O)O. The minimum absolute atomic E-state index is 0.145. The van der Waals surface area contributed by atoms with E-state index in [9.17, 15) is 30.3 Å². The molecule has 0 spiro atoms. The first-order chi connectivity index (χ1) is 12.0. The zero-order valence-electron chi connectivity index (χ0n) is 14.0. The summed E-state index contributed by atoms with van der Waals surface area (Å²) >= 11 is 0. The van der Waals surface area contributed by atoms with Crippen molar-refractivity contribution in [2.45, 2.75) is 74.4 Å². The van der Waals surface area contributed by atoms with Gasteiger partial charge in [-0.05, 0) is 13.3 Å². The second-order valence-corrected chi connectivity index (χ2v) is 6.55. The Morgan fingerprint density at radius 1 is 1.08 bits per heavy atom. The van der Waals surface area contributed by atoms with E-state index in [0.29, 0.717) is 0 Å². The lowest BCUT2D eigenvalue weighted by Crippen LogP contribution is -2.66. The minimum Gasteiger partial charge on any atom is -0.475 e. The Morgan fingerprint density at radius 3 is 2.08 bits per heavy atom. The molecule has 1 heterocycles. The van der Waals surface area contributed by atoms with Crippen LogP contribution in [0.3, 0.4) is 0 Å². The maximum atomic E-state index is 10.8. The molecule has 150 valence electrons. The molecule has 8 atom stereocenters. The molecule has 2 fully saturated rings. The predicted octanol–water partition coefficient (Wildman–Crippen LogP) is -4.54. The highest BCUT2D eigenvalue weighted by molar-refractivity contribution is 6.33. The Balaban J connectivity index is 2.07. The summed E-state index contributed by atoms with van der Waals surface area (Å²) < 4.78 is 11.0. The highest BCUT2D eigenvalue weighted by Crippen LogP contribution is 2.29. The Kier molecular flexibility index (Phi) is 6.52. The summed E-state index contributed by atoms with van der Waals surface area (Å²) in [6.45, 7) is 1.59. The van der Waals surface area contributed by atoms with Gasteiger partial charge < -0.3 is 51.6 Å². The number of rotatable bonds is 3. The molecule has 0 aromatic rings. The van der Waals surface area contributed by atoms with Crippen LogP contribution >= 0.6 is 0 Å². The summed E-state index contributed by atoms with van der Waals surface area (Å²) in [6.07, 6.45) is -11.7. The van der Waals surface area contributed by atoms with Crippen LogP contribution in [0.25, 0.3) is 0 Å². The fraction of sp³-hybridized carbons (Fsp3) is 0.857. The Bertz CT molecular complexity index is 532. The quantitative estimate of drug-likeness (QED) is 0.172. The van der Waals surface area contributed by atoms with Gasteiger partial charge in [0, 0.05) is 0 Å². The lowest BCUT2D eigenvalue weighted by atomic mass is 9.84. The van der Waals surface area contributed by atoms with E-state index in [1.165, 1.54) is 0 Å². The Labute approximate surface area is 148 Å². The standard InChI is InChI=1S/C14H25N3O9/c1-3-5(17-12(16)13(23)24)2-4(15)14(25-3)26-11-9(21)7(19)6(18)8(20)10(11)22/h3-11,14,18-22H,2,15H2,1H3,(H2,16,17)(H,23,24)/t3-,4+,5-,6?,7+,8+,9+,10+,11?,14-/m1/s1. The maximum Gasteiger partial charge on any atom is 0.370 e. The first-order valence-electron chi connectivity index (χ1n) is 8.08. The summed E-state index contributed by atoms with van der Waals surface area (Å²) in [4.78, 5) is 14.6. The van der Waals surface area contributed by atoms with Gasteiger partial charge in [0.15, 0.2) is 6.29 Å². The van der Waals surface area contributed by atoms with Gasteiger partial charge in [-0.25, -0.2) is 4.79 Å². The van der Waals surface area contributed by atoms with Gasteiger partial charge in [0.1, 0.15) is 36.6 Å². The molecule has 0 radical (unpaired) electrons. The molecular weight excluding hydrogens is 354 g/mol. The van der Waals surface area contributed by atoms with E-state index in [1.807, 2.05) is 0 Å². The fourth-order valence-corrected chi connectivity index (χ4v) is 3.02. The molecule has 0 aromatic carbocycles. The number of aliphatic imine (C=N–C) groups is 1. The van der Waals surface area contributed by atoms with Gasteiger partial charge in [-0.3, -0.25) is 4.99 Å². The van der Waals surface area contributed by atoms with Gasteiger partial charge in [0.25, 0.3) is 0 Å². The summed E-state index contributed by atoms with van der Waals surface area (Å²) in [7, 11) is 0. The molecule has 0 aromatic heterocycles. The summed E-state index contributed by atoms with van der Waals surface area (Å²) in [6, 6.07) is -1.46. The summed E-state index contributed by atoms with van der Waals surface area (Å²) in [5.41, 5.74) is 11.2. The number of aliphatic hydroxyl groups excluding tert-OH is 5. The number of ether oxygens (including phenoxy) is 2. The molecule has 1 saturated heterocycles. The predicted molar refractivity (Wildman–Crippen MR) is 84.9 cm³/mol. The van der Waals surface area contributed by atoms with Crippen LogP contribution in [-0.2, 0) is 14.3 Å². The number of hydrogen-bond donors (Lipinski definition) is 8. The van der Waals surface area contributed by atoms with Crippen LogP contribution < -0.4 is 11.5 Å². The highest BCUT2D eigenvalue weighted by Gasteiger charge is 2.50.